The van der Waals surface area contributed by atoms with E-state index in [1.54, 1.807) is 12.1 Å². The zero-order valence-corrected chi connectivity index (χ0v) is 15.9. The van der Waals surface area contributed by atoms with Crippen molar-refractivity contribution in [3.8, 4) is 0 Å². The molecule has 1 aromatic heterocycles. The Morgan fingerprint density at radius 3 is 2.74 bits per heavy atom. The molecule has 3 aliphatic rings. The van der Waals surface area contributed by atoms with Gasteiger partial charge in [0.2, 0.25) is 0 Å². The summed E-state index contributed by atoms with van der Waals surface area (Å²) in [4.78, 5) is 13.7. The van der Waals surface area contributed by atoms with Crippen LogP contribution in [0.15, 0.2) is 44.7 Å². The monoisotopic (exact) mass is 385 g/mol. The van der Waals surface area contributed by atoms with E-state index in [-0.39, 0.29) is 11.5 Å². The minimum absolute atomic E-state index is 0.00766. The maximum Gasteiger partial charge on any atom is 0.177 e. The highest BCUT2D eigenvalue weighted by atomic mass is 32.2. The minimum Gasteiger partial charge on any atom is -0.361 e. The lowest BCUT2D eigenvalue weighted by atomic mass is 9.69. The third-order valence-corrected chi connectivity index (χ3v) is 7.80. The van der Waals surface area contributed by atoms with Crippen molar-refractivity contribution in [2.24, 2.45) is 5.41 Å². The van der Waals surface area contributed by atoms with E-state index in [2.05, 4.69) is 15.6 Å². The summed E-state index contributed by atoms with van der Waals surface area (Å²) in [6.07, 6.45) is 1.93. The molecule has 0 fully saturated rings. The molecule has 1 aliphatic carbocycles. The van der Waals surface area contributed by atoms with Gasteiger partial charge in [-0.2, -0.15) is 0 Å². The van der Waals surface area contributed by atoms with E-state index in [9.17, 15) is 13.2 Å². The van der Waals surface area contributed by atoms with Crippen molar-refractivity contribution in [1.29, 1.82) is 0 Å². The fraction of sp³-hybridized carbons (Fsp3) is 0.421. The van der Waals surface area contributed by atoms with Crippen molar-refractivity contribution in [3.05, 3.63) is 45.6 Å². The molecule has 0 amide bonds. The highest BCUT2D eigenvalue weighted by Gasteiger charge is 2.48. The maximum atomic E-state index is 13.3. The summed E-state index contributed by atoms with van der Waals surface area (Å²) in [6, 6.07) is 5.35. The van der Waals surface area contributed by atoms with E-state index in [1.807, 2.05) is 19.9 Å². The van der Waals surface area contributed by atoms with Gasteiger partial charge in [0.05, 0.1) is 16.6 Å². The number of carbonyl (C=O) groups is 1. The topological polar surface area (TPSA) is 102 Å². The third kappa shape index (κ3) is 2.32. The number of Topliss-reactive ketones (excluding diaryl/α,β-unsaturated/α-hetero) is 1. The summed E-state index contributed by atoms with van der Waals surface area (Å²) in [6.45, 7) is 3.85. The van der Waals surface area contributed by atoms with Crippen molar-refractivity contribution in [3.63, 3.8) is 0 Å². The SMILES string of the molecule is CC1(C)CCC2=C(C1=O)C(c1ccc3nonc3c1)C1=C(CCS1(=O)=O)N2. The maximum absolute atomic E-state index is 13.3. The molecule has 5 rings (SSSR count). The average Bonchev–Trinajstić information content (AvgIpc) is 3.21. The van der Waals surface area contributed by atoms with Crippen LogP contribution in [0, 0.1) is 5.41 Å². The van der Waals surface area contributed by atoms with Crippen LogP contribution >= 0.6 is 0 Å². The Hall–Kier alpha value is -2.48. The van der Waals surface area contributed by atoms with Gasteiger partial charge < -0.3 is 5.32 Å². The average molecular weight is 385 g/mol. The van der Waals surface area contributed by atoms with Crippen LogP contribution in [0.5, 0.6) is 0 Å². The van der Waals surface area contributed by atoms with Gasteiger partial charge in [0.15, 0.2) is 15.6 Å². The van der Waals surface area contributed by atoms with Crippen LogP contribution in [0.25, 0.3) is 11.0 Å². The predicted molar refractivity (Wildman–Crippen MR) is 98.2 cm³/mol. The first-order valence-electron chi connectivity index (χ1n) is 9.01. The Labute approximate surface area is 156 Å². The number of allylic oxidation sites excluding steroid dienone is 4. The lowest BCUT2D eigenvalue weighted by molar-refractivity contribution is -0.124. The number of nitrogens with zero attached hydrogens (tertiary/aromatic N) is 2. The second-order valence-electron chi connectivity index (χ2n) is 8.09. The van der Waals surface area contributed by atoms with Gasteiger partial charge in [-0.25, -0.2) is 13.0 Å². The number of hydrogen-bond donors (Lipinski definition) is 1. The van der Waals surface area contributed by atoms with E-state index >= 15 is 0 Å². The Kier molecular flexibility index (Phi) is 3.26. The second kappa shape index (κ2) is 5.28. The number of fused-ring (bicyclic) bond motifs is 1. The van der Waals surface area contributed by atoms with Gasteiger partial charge in [0, 0.05) is 28.8 Å². The molecule has 0 spiro atoms. The molecular weight excluding hydrogens is 366 g/mol. The molecule has 1 unspecified atom stereocenters. The fourth-order valence-corrected chi connectivity index (χ4v) is 6.20. The van der Waals surface area contributed by atoms with Gasteiger partial charge in [-0.05, 0) is 40.9 Å². The molecule has 1 atom stereocenters. The van der Waals surface area contributed by atoms with Gasteiger partial charge in [-0.15, -0.1) is 0 Å². The summed E-state index contributed by atoms with van der Waals surface area (Å²) < 4.78 is 30.5. The van der Waals surface area contributed by atoms with Crippen molar-refractivity contribution in [1.82, 2.24) is 15.6 Å². The third-order valence-electron chi connectivity index (χ3n) is 5.90. The van der Waals surface area contributed by atoms with Crippen LogP contribution in [-0.4, -0.2) is 30.3 Å². The molecule has 0 radical (unpaired) electrons. The molecule has 0 bridgehead atoms. The Morgan fingerprint density at radius 2 is 1.93 bits per heavy atom. The summed E-state index contributed by atoms with van der Waals surface area (Å²) in [5.74, 6) is -0.516. The number of hydrogen-bond acceptors (Lipinski definition) is 7. The summed E-state index contributed by atoms with van der Waals surface area (Å²) in [7, 11) is -3.42. The van der Waals surface area contributed by atoms with Gasteiger partial charge in [0.25, 0.3) is 0 Å². The van der Waals surface area contributed by atoms with Crippen LogP contribution < -0.4 is 5.32 Å². The van der Waals surface area contributed by atoms with Crippen molar-refractivity contribution in [2.45, 2.75) is 39.0 Å². The molecule has 1 aromatic carbocycles. The lowest BCUT2D eigenvalue weighted by Gasteiger charge is -2.38. The normalized spacial score (nSPS) is 26.1. The minimum atomic E-state index is -3.42. The predicted octanol–water partition coefficient (Wildman–Crippen LogP) is 2.58. The first-order valence-corrected chi connectivity index (χ1v) is 10.7. The smallest absolute Gasteiger partial charge is 0.177 e. The molecule has 1 N–H and O–H groups in total. The molecule has 2 aliphatic heterocycles. The number of benzene rings is 1. The highest BCUT2D eigenvalue weighted by molar-refractivity contribution is 7.95. The fourth-order valence-electron chi connectivity index (χ4n) is 4.37. The molecule has 0 saturated heterocycles. The van der Waals surface area contributed by atoms with Gasteiger partial charge >= 0.3 is 0 Å². The molecule has 27 heavy (non-hydrogen) atoms. The molecule has 8 heteroatoms. The number of sulfone groups is 1. The molecule has 7 nitrogen and oxygen atoms in total. The molecule has 140 valence electrons. The van der Waals surface area contributed by atoms with Crippen LogP contribution in [0.3, 0.4) is 0 Å². The lowest BCUT2D eigenvalue weighted by Crippen LogP contribution is -2.39. The van der Waals surface area contributed by atoms with Gasteiger partial charge in [-0.3, -0.25) is 4.79 Å². The molecule has 0 saturated carbocycles. The van der Waals surface area contributed by atoms with Crippen molar-refractivity contribution >= 4 is 26.7 Å². The highest BCUT2D eigenvalue weighted by Crippen LogP contribution is 2.50. The number of rotatable bonds is 1. The number of aromatic nitrogens is 2. The molecule has 3 heterocycles. The largest absolute Gasteiger partial charge is 0.361 e. The number of carbonyl (C=O) groups excluding carboxylic acids is 1. The van der Waals surface area contributed by atoms with Gasteiger partial charge in [-0.1, -0.05) is 19.9 Å². The zero-order chi connectivity index (χ0) is 19.0. The van der Waals surface area contributed by atoms with Crippen molar-refractivity contribution < 1.29 is 17.8 Å². The quantitative estimate of drug-likeness (QED) is 0.805. The summed E-state index contributed by atoms with van der Waals surface area (Å²) in [5, 5.41) is 11.0. The Morgan fingerprint density at radius 1 is 1.15 bits per heavy atom. The number of nitrogens with one attached hydrogen (secondary N) is 1. The second-order valence-corrected chi connectivity index (χ2v) is 10.2. The first-order chi connectivity index (χ1) is 12.8. The number of ketones is 1. The molecular formula is C19H19N3O4S. The van der Waals surface area contributed by atoms with Crippen LogP contribution in [0.2, 0.25) is 0 Å². The van der Waals surface area contributed by atoms with E-state index < -0.39 is 21.2 Å². The standard InChI is InChI=1S/C19H19N3O4S/c1-19(2)7-5-12-16(18(19)23)15(17-13(20-12)6-8-27(17,24)25)10-3-4-11-14(9-10)22-26-21-11/h3-4,9,15,20H,5-8H2,1-2H3. The first kappa shape index (κ1) is 16.7. The summed E-state index contributed by atoms with van der Waals surface area (Å²) in [5.41, 5.74) is 3.53. The molecule has 2 aromatic rings. The zero-order valence-electron chi connectivity index (χ0n) is 15.1. The van der Waals surface area contributed by atoms with Gasteiger partial charge in [0.1, 0.15) is 11.0 Å². The van der Waals surface area contributed by atoms with E-state index in [4.69, 9.17) is 4.63 Å². The van der Waals surface area contributed by atoms with Crippen LogP contribution in [0.1, 0.15) is 44.6 Å². The number of dihydropyridines is 1. The van der Waals surface area contributed by atoms with E-state index in [0.717, 1.165) is 29.8 Å². The van der Waals surface area contributed by atoms with E-state index in [0.29, 0.717) is 27.9 Å². The van der Waals surface area contributed by atoms with E-state index in [1.165, 1.54) is 0 Å². The summed E-state index contributed by atoms with van der Waals surface area (Å²) >= 11 is 0. The Bertz CT molecular complexity index is 1170. The van der Waals surface area contributed by atoms with Crippen molar-refractivity contribution in [2.75, 3.05) is 5.75 Å². The van der Waals surface area contributed by atoms with Crippen LogP contribution in [0.4, 0.5) is 0 Å². The Balaban J connectivity index is 1.77. The van der Waals surface area contributed by atoms with Crippen LogP contribution in [-0.2, 0) is 14.6 Å².